The van der Waals surface area contributed by atoms with Crippen LogP contribution < -0.4 is 5.32 Å². The molecule has 1 aromatic carbocycles. The van der Waals surface area contributed by atoms with E-state index in [-0.39, 0.29) is 0 Å². The van der Waals surface area contributed by atoms with Crippen molar-refractivity contribution >= 4 is 0 Å². The minimum Gasteiger partial charge on any atom is -0.314 e. The molecule has 0 spiro atoms. The van der Waals surface area contributed by atoms with E-state index in [1.54, 1.807) is 0 Å². The Morgan fingerprint density at radius 3 is 2.90 bits per heavy atom. The lowest BCUT2D eigenvalue weighted by atomic mass is 9.89. The first-order valence-electron chi connectivity index (χ1n) is 8.25. The number of rotatable bonds is 3. The van der Waals surface area contributed by atoms with Crippen molar-refractivity contribution in [3.05, 3.63) is 34.9 Å². The Morgan fingerprint density at radius 1 is 1.20 bits per heavy atom. The van der Waals surface area contributed by atoms with Crippen molar-refractivity contribution in [3.63, 3.8) is 0 Å². The number of nitrogens with zero attached hydrogens (tertiary/aromatic N) is 1. The monoisotopic (exact) mass is 272 g/mol. The Labute approximate surface area is 123 Å². The number of aryl methyl sites for hydroxylation is 1. The second-order valence-corrected chi connectivity index (χ2v) is 6.70. The SMILES string of the molecule is Cc1cccc(CN2CCCC(C3CCCN3)C2)c1C. The second kappa shape index (κ2) is 6.28. The van der Waals surface area contributed by atoms with Gasteiger partial charge in [-0.3, -0.25) is 4.90 Å². The number of hydrogen-bond acceptors (Lipinski definition) is 2. The van der Waals surface area contributed by atoms with Crippen molar-refractivity contribution in [2.45, 2.75) is 52.1 Å². The maximum atomic E-state index is 3.70. The van der Waals surface area contributed by atoms with Crippen LogP contribution in [0.15, 0.2) is 18.2 Å². The molecule has 2 saturated heterocycles. The number of likely N-dealkylation sites (tertiary alicyclic amines) is 1. The summed E-state index contributed by atoms with van der Waals surface area (Å²) in [5.41, 5.74) is 4.42. The molecule has 2 aliphatic rings. The molecule has 2 heteroatoms. The Kier molecular flexibility index (Phi) is 4.42. The quantitative estimate of drug-likeness (QED) is 0.908. The number of benzene rings is 1. The lowest BCUT2D eigenvalue weighted by Gasteiger charge is -2.36. The maximum absolute atomic E-state index is 3.70. The fourth-order valence-electron chi connectivity index (χ4n) is 3.90. The van der Waals surface area contributed by atoms with Gasteiger partial charge in [-0.05, 0) is 75.2 Å². The van der Waals surface area contributed by atoms with E-state index in [9.17, 15) is 0 Å². The van der Waals surface area contributed by atoms with Gasteiger partial charge in [-0.25, -0.2) is 0 Å². The summed E-state index contributed by atoms with van der Waals surface area (Å²) >= 11 is 0. The van der Waals surface area contributed by atoms with Gasteiger partial charge in [0, 0.05) is 19.1 Å². The molecule has 1 N–H and O–H groups in total. The lowest BCUT2D eigenvalue weighted by Crippen LogP contribution is -2.43. The largest absolute Gasteiger partial charge is 0.314 e. The fraction of sp³-hybridized carbons (Fsp3) is 0.667. The zero-order valence-electron chi connectivity index (χ0n) is 13.0. The standard InChI is InChI=1S/C18H28N2/c1-14-6-3-7-16(15(14)2)12-20-11-5-8-17(13-20)18-9-4-10-19-18/h3,6-7,17-19H,4-5,8-13H2,1-2H3. The highest BCUT2D eigenvalue weighted by Gasteiger charge is 2.29. The van der Waals surface area contributed by atoms with Crippen molar-refractivity contribution in [2.24, 2.45) is 5.92 Å². The minimum absolute atomic E-state index is 0.788. The Balaban J connectivity index is 1.63. The van der Waals surface area contributed by atoms with Gasteiger partial charge in [-0.2, -0.15) is 0 Å². The van der Waals surface area contributed by atoms with E-state index in [0.29, 0.717) is 0 Å². The smallest absolute Gasteiger partial charge is 0.0236 e. The number of nitrogens with one attached hydrogen (secondary N) is 1. The second-order valence-electron chi connectivity index (χ2n) is 6.70. The molecule has 2 nitrogen and oxygen atoms in total. The number of hydrogen-bond donors (Lipinski definition) is 1. The van der Waals surface area contributed by atoms with Crippen molar-refractivity contribution in [1.82, 2.24) is 10.2 Å². The summed E-state index contributed by atoms with van der Waals surface area (Å²) in [6, 6.07) is 7.52. The summed E-state index contributed by atoms with van der Waals surface area (Å²) in [6.07, 6.45) is 5.55. The minimum atomic E-state index is 0.788. The van der Waals surface area contributed by atoms with Crippen LogP contribution in [-0.2, 0) is 6.54 Å². The van der Waals surface area contributed by atoms with Gasteiger partial charge in [0.05, 0.1) is 0 Å². The molecule has 0 bridgehead atoms. The summed E-state index contributed by atoms with van der Waals surface area (Å²) < 4.78 is 0. The van der Waals surface area contributed by atoms with E-state index in [2.05, 4.69) is 42.3 Å². The van der Waals surface area contributed by atoms with Gasteiger partial charge in [0.2, 0.25) is 0 Å². The molecular formula is C18H28N2. The van der Waals surface area contributed by atoms with Crippen LogP contribution >= 0.6 is 0 Å². The molecule has 0 amide bonds. The highest BCUT2D eigenvalue weighted by Crippen LogP contribution is 2.26. The van der Waals surface area contributed by atoms with Crippen LogP contribution in [0.2, 0.25) is 0 Å². The lowest BCUT2D eigenvalue weighted by molar-refractivity contribution is 0.145. The summed E-state index contributed by atoms with van der Waals surface area (Å²) in [7, 11) is 0. The summed E-state index contributed by atoms with van der Waals surface area (Å²) in [5.74, 6) is 0.872. The Bertz CT molecular complexity index is 449. The van der Waals surface area contributed by atoms with E-state index < -0.39 is 0 Å². The molecule has 20 heavy (non-hydrogen) atoms. The Hall–Kier alpha value is -0.860. The molecule has 0 aromatic heterocycles. The van der Waals surface area contributed by atoms with Gasteiger partial charge in [-0.1, -0.05) is 18.2 Å². The van der Waals surface area contributed by atoms with Crippen molar-refractivity contribution in [1.29, 1.82) is 0 Å². The first-order chi connectivity index (χ1) is 9.74. The normalized spacial score (nSPS) is 27.9. The van der Waals surface area contributed by atoms with Crippen molar-refractivity contribution in [3.8, 4) is 0 Å². The van der Waals surface area contributed by atoms with Crippen LogP contribution in [0, 0.1) is 19.8 Å². The van der Waals surface area contributed by atoms with Gasteiger partial charge in [0.1, 0.15) is 0 Å². The maximum Gasteiger partial charge on any atom is 0.0236 e. The fourth-order valence-corrected chi connectivity index (χ4v) is 3.90. The van der Waals surface area contributed by atoms with Gasteiger partial charge >= 0.3 is 0 Å². The molecule has 3 rings (SSSR count). The van der Waals surface area contributed by atoms with Crippen molar-refractivity contribution in [2.75, 3.05) is 19.6 Å². The zero-order valence-corrected chi connectivity index (χ0v) is 13.0. The molecule has 0 saturated carbocycles. The van der Waals surface area contributed by atoms with Crippen LogP contribution in [-0.4, -0.2) is 30.6 Å². The van der Waals surface area contributed by atoms with Crippen molar-refractivity contribution < 1.29 is 0 Å². The van der Waals surface area contributed by atoms with Crippen LogP contribution in [0.3, 0.4) is 0 Å². The third-order valence-corrected chi connectivity index (χ3v) is 5.32. The highest BCUT2D eigenvalue weighted by molar-refractivity contribution is 5.33. The molecule has 2 aliphatic heterocycles. The van der Waals surface area contributed by atoms with E-state index in [1.165, 1.54) is 62.0 Å². The zero-order chi connectivity index (χ0) is 13.9. The predicted molar refractivity (Wildman–Crippen MR) is 84.9 cm³/mol. The van der Waals surface area contributed by atoms with Gasteiger partial charge in [0.25, 0.3) is 0 Å². The van der Waals surface area contributed by atoms with Gasteiger partial charge in [0.15, 0.2) is 0 Å². The molecule has 2 unspecified atom stereocenters. The van der Waals surface area contributed by atoms with Gasteiger partial charge in [-0.15, -0.1) is 0 Å². The first-order valence-corrected chi connectivity index (χ1v) is 8.25. The summed E-state index contributed by atoms with van der Waals surface area (Å²) in [6.45, 7) is 9.42. The topological polar surface area (TPSA) is 15.3 Å². The average Bonchev–Trinajstić information content (AvgIpc) is 2.98. The van der Waals surface area contributed by atoms with Gasteiger partial charge < -0.3 is 5.32 Å². The highest BCUT2D eigenvalue weighted by atomic mass is 15.1. The number of piperidine rings is 1. The Morgan fingerprint density at radius 2 is 2.10 bits per heavy atom. The molecule has 0 radical (unpaired) electrons. The van der Waals surface area contributed by atoms with E-state index in [0.717, 1.165) is 18.5 Å². The molecule has 2 fully saturated rings. The van der Waals surface area contributed by atoms with Crippen LogP contribution in [0.4, 0.5) is 0 Å². The molecule has 110 valence electrons. The third kappa shape index (κ3) is 3.07. The van der Waals surface area contributed by atoms with E-state index >= 15 is 0 Å². The molecule has 1 aromatic rings. The molecule has 2 atom stereocenters. The third-order valence-electron chi connectivity index (χ3n) is 5.32. The molecular weight excluding hydrogens is 244 g/mol. The average molecular weight is 272 g/mol. The van der Waals surface area contributed by atoms with Crippen LogP contribution in [0.1, 0.15) is 42.4 Å². The summed E-state index contributed by atoms with van der Waals surface area (Å²) in [4.78, 5) is 2.68. The van der Waals surface area contributed by atoms with E-state index in [1.807, 2.05) is 0 Å². The van der Waals surface area contributed by atoms with Crippen LogP contribution in [0.5, 0.6) is 0 Å². The van der Waals surface area contributed by atoms with E-state index in [4.69, 9.17) is 0 Å². The van der Waals surface area contributed by atoms with Crippen LogP contribution in [0.25, 0.3) is 0 Å². The molecule has 2 heterocycles. The first kappa shape index (κ1) is 14.1. The molecule has 0 aliphatic carbocycles. The predicted octanol–water partition coefficient (Wildman–Crippen LogP) is 3.27. The summed E-state index contributed by atoms with van der Waals surface area (Å²) in [5, 5.41) is 3.70.